The maximum Gasteiger partial charge on any atom is 0.148 e. The quantitative estimate of drug-likeness (QED) is 0.861. The number of hydrogen-bond acceptors (Lipinski definition) is 3. The van der Waals surface area contributed by atoms with Crippen LogP contribution < -0.4 is 5.32 Å². The fourth-order valence-electron chi connectivity index (χ4n) is 1.73. The summed E-state index contributed by atoms with van der Waals surface area (Å²) in [7, 11) is 0. The number of hydrogen-bond donors (Lipinski definition) is 1. The highest BCUT2D eigenvalue weighted by molar-refractivity contribution is 9.10. The predicted molar refractivity (Wildman–Crippen MR) is 77.9 cm³/mol. The lowest BCUT2D eigenvalue weighted by Gasteiger charge is -2.10. The molecule has 0 saturated heterocycles. The Kier molecular flexibility index (Phi) is 4.55. The molecule has 1 aromatic carbocycles. The first kappa shape index (κ1) is 13.3. The van der Waals surface area contributed by atoms with Crippen molar-refractivity contribution in [2.24, 2.45) is 0 Å². The summed E-state index contributed by atoms with van der Waals surface area (Å²) >= 11 is 9.29. The van der Waals surface area contributed by atoms with Gasteiger partial charge in [-0.3, -0.25) is 0 Å². The topological polar surface area (TPSA) is 37.8 Å². The van der Waals surface area contributed by atoms with E-state index < -0.39 is 0 Å². The molecule has 0 aliphatic carbocycles. The molecule has 18 heavy (non-hydrogen) atoms. The first-order valence-electron chi connectivity index (χ1n) is 5.69. The lowest BCUT2D eigenvalue weighted by molar-refractivity contribution is 1.02. The Morgan fingerprint density at radius 1 is 1.22 bits per heavy atom. The van der Waals surface area contributed by atoms with Gasteiger partial charge >= 0.3 is 0 Å². The summed E-state index contributed by atoms with van der Waals surface area (Å²) in [5.41, 5.74) is 2.60. The molecule has 1 aromatic heterocycles. The SMILES string of the molecule is CCc1ccccc1CNc1ncnc(Cl)c1Br. The summed E-state index contributed by atoms with van der Waals surface area (Å²) in [6.45, 7) is 2.87. The smallest absolute Gasteiger partial charge is 0.148 e. The molecular formula is C13H13BrClN3. The molecule has 0 amide bonds. The Bertz CT molecular complexity index is 546. The zero-order chi connectivity index (χ0) is 13.0. The van der Waals surface area contributed by atoms with Gasteiger partial charge in [-0.05, 0) is 33.5 Å². The predicted octanol–water partition coefficient (Wildman–Crippen LogP) is 4.07. The van der Waals surface area contributed by atoms with E-state index in [1.165, 1.54) is 17.5 Å². The van der Waals surface area contributed by atoms with Gasteiger partial charge in [-0.1, -0.05) is 42.8 Å². The first-order chi connectivity index (χ1) is 8.72. The van der Waals surface area contributed by atoms with Crippen molar-refractivity contribution in [3.8, 4) is 0 Å². The van der Waals surface area contributed by atoms with E-state index in [0.29, 0.717) is 15.4 Å². The van der Waals surface area contributed by atoms with Crippen LogP contribution >= 0.6 is 27.5 Å². The molecule has 1 heterocycles. The van der Waals surface area contributed by atoms with Crippen LogP contribution in [0, 0.1) is 0 Å². The zero-order valence-corrected chi connectivity index (χ0v) is 12.3. The molecule has 5 heteroatoms. The number of nitrogens with zero attached hydrogens (tertiary/aromatic N) is 2. The minimum Gasteiger partial charge on any atom is -0.365 e. The average molecular weight is 327 g/mol. The van der Waals surface area contributed by atoms with Gasteiger partial charge in [-0.25, -0.2) is 9.97 Å². The maximum absolute atomic E-state index is 5.92. The molecule has 0 aliphatic rings. The van der Waals surface area contributed by atoms with Crippen molar-refractivity contribution in [2.75, 3.05) is 5.32 Å². The first-order valence-corrected chi connectivity index (χ1v) is 6.86. The molecule has 0 unspecified atom stereocenters. The summed E-state index contributed by atoms with van der Waals surface area (Å²) in [5.74, 6) is 0.709. The second-order valence-electron chi connectivity index (χ2n) is 3.80. The van der Waals surface area contributed by atoms with E-state index in [0.717, 1.165) is 13.0 Å². The van der Waals surface area contributed by atoms with Crippen LogP contribution in [0.25, 0.3) is 0 Å². The van der Waals surface area contributed by atoms with Crippen molar-refractivity contribution in [2.45, 2.75) is 19.9 Å². The molecular weight excluding hydrogens is 314 g/mol. The van der Waals surface area contributed by atoms with Crippen molar-refractivity contribution in [1.29, 1.82) is 0 Å². The van der Waals surface area contributed by atoms with Gasteiger partial charge in [0.05, 0.1) is 4.47 Å². The maximum atomic E-state index is 5.92. The summed E-state index contributed by atoms with van der Waals surface area (Å²) < 4.78 is 0.695. The van der Waals surface area contributed by atoms with Crippen LogP contribution in [0.5, 0.6) is 0 Å². The molecule has 0 radical (unpaired) electrons. The number of halogens is 2. The minimum absolute atomic E-state index is 0.413. The fourth-order valence-corrected chi connectivity index (χ4v) is 2.20. The van der Waals surface area contributed by atoms with Crippen LogP contribution in [-0.2, 0) is 13.0 Å². The molecule has 0 aliphatic heterocycles. The molecule has 0 saturated carbocycles. The minimum atomic E-state index is 0.413. The highest BCUT2D eigenvalue weighted by atomic mass is 79.9. The van der Waals surface area contributed by atoms with Crippen LogP contribution in [0.1, 0.15) is 18.1 Å². The second kappa shape index (κ2) is 6.16. The molecule has 0 spiro atoms. The summed E-state index contributed by atoms with van der Waals surface area (Å²) in [5, 5.41) is 3.68. The number of benzene rings is 1. The molecule has 2 rings (SSSR count). The molecule has 0 bridgehead atoms. The largest absolute Gasteiger partial charge is 0.365 e. The summed E-state index contributed by atoms with van der Waals surface area (Å²) in [6, 6.07) is 8.35. The van der Waals surface area contributed by atoms with Crippen LogP contribution in [0.2, 0.25) is 5.15 Å². The van der Waals surface area contributed by atoms with Gasteiger partial charge in [0.2, 0.25) is 0 Å². The Hall–Kier alpha value is -1.13. The van der Waals surface area contributed by atoms with Gasteiger partial charge in [0.15, 0.2) is 0 Å². The van der Waals surface area contributed by atoms with E-state index >= 15 is 0 Å². The van der Waals surface area contributed by atoms with Gasteiger partial charge < -0.3 is 5.32 Å². The third kappa shape index (κ3) is 3.00. The third-order valence-corrected chi connectivity index (χ3v) is 3.96. The van der Waals surface area contributed by atoms with Gasteiger partial charge in [-0.15, -0.1) is 0 Å². The number of nitrogens with one attached hydrogen (secondary N) is 1. The van der Waals surface area contributed by atoms with Gasteiger partial charge in [0.1, 0.15) is 17.3 Å². The molecule has 3 nitrogen and oxygen atoms in total. The average Bonchev–Trinajstić information content (AvgIpc) is 2.41. The molecule has 0 fully saturated rings. The molecule has 0 atom stereocenters. The molecule has 1 N–H and O–H groups in total. The van der Waals surface area contributed by atoms with Crippen molar-refractivity contribution < 1.29 is 0 Å². The van der Waals surface area contributed by atoms with E-state index in [1.54, 1.807) is 0 Å². The van der Waals surface area contributed by atoms with E-state index in [4.69, 9.17) is 11.6 Å². The summed E-state index contributed by atoms with van der Waals surface area (Å²) in [6.07, 6.45) is 2.46. The van der Waals surface area contributed by atoms with Crippen molar-refractivity contribution in [3.05, 3.63) is 51.3 Å². The van der Waals surface area contributed by atoms with Crippen LogP contribution in [-0.4, -0.2) is 9.97 Å². The Labute approximate surface area is 120 Å². The number of anilines is 1. The van der Waals surface area contributed by atoms with Gasteiger partial charge in [0.25, 0.3) is 0 Å². The van der Waals surface area contributed by atoms with Gasteiger partial charge in [-0.2, -0.15) is 0 Å². The lowest BCUT2D eigenvalue weighted by atomic mass is 10.1. The van der Waals surface area contributed by atoms with Crippen LogP contribution in [0.3, 0.4) is 0 Å². The van der Waals surface area contributed by atoms with E-state index in [9.17, 15) is 0 Å². The van der Waals surface area contributed by atoms with Crippen molar-refractivity contribution >= 4 is 33.3 Å². The Balaban J connectivity index is 2.14. The number of rotatable bonds is 4. The van der Waals surface area contributed by atoms with Crippen molar-refractivity contribution in [3.63, 3.8) is 0 Å². The zero-order valence-electron chi connectivity index (χ0n) is 9.95. The molecule has 2 aromatic rings. The molecule has 94 valence electrons. The normalized spacial score (nSPS) is 10.4. The van der Waals surface area contributed by atoms with Crippen molar-refractivity contribution in [1.82, 2.24) is 9.97 Å². The Morgan fingerprint density at radius 3 is 2.67 bits per heavy atom. The highest BCUT2D eigenvalue weighted by Crippen LogP contribution is 2.26. The Morgan fingerprint density at radius 2 is 1.94 bits per heavy atom. The van der Waals surface area contributed by atoms with E-state index in [1.807, 2.05) is 6.07 Å². The number of aromatic nitrogens is 2. The third-order valence-electron chi connectivity index (χ3n) is 2.69. The number of aryl methyl sites for hydroxylation is 1. The highest BCUT2D eigenvalue weighted by Gasteiger charge is 2.07. The van der Waals surface area contributed by atoms with E-state index in [2.05, 4.69) is 56.3 Å². The fraction of sp³-hybridized carbons (Fsp3) is 0.231. The lowest BCUT2D eigenvalue weighted by Crippen LogP contribution is -2.05. The van der Waals surface area contributed by atoms with Gasteiger partial charge in [0, 0.05) is 6.54 Å². The standard InChI is InChI=1S/C13H13BrClN3/c1-2-9-5-3-4-6-10(9)7-16-13-11(14)12(15)17-8-18-13/h3-6,8H,2,7H2,1H3,(H,16,17,18). The monoisotopic (exact) mass is 325 g/mol. The second-order valence-corrected chi connectivity index (χ2v) is 4.95. The van der Waals surface area contributed by atoms with Crippen LogP contribution in [0.4, 0.5) is 5.82 Å². The van der Waals surface area contributed by atoms with E-state index in [-0.39, 0.29) is 0 Å². The summed E-state index contributed by atoms with van der Waals surface area (Å²) in [4.78, 5) is 8.05. The van der Waals surface area contributed by atoms with Crippen LogP contribution in [0.15, 0.2) is 35.1 Å².